The minimum atomic E-state index is -3.55. The van der Waals surface area contributed by atoms with E-state index in [0.29, 0.717) is 12.2 Å². The van der Waals surface area contributed by atoms with Crippen molar-refractivity contribution in [2.45, 2.75) is 24.4 Å². The molecule has 1 unspecified atom stereocenters. The standard InChI is InChI=1S/C23H27N3O3S/c1-17(26(4)16-18-12-13-19-8-5-6-9-20(19)14-18)23(27)24-21-10-7-11-22(15-21)30(28,29)25(2)3/h5-15,17H,16H2,1-4H3,(H,24,27)/p+1/t17-/m0/s1. The molecule has 0 bridgehead atoms. The molecule has 0 saturated heterocycles. The van der Waals surface area contributed by atoms with Gasteiger partial charge in [-0.2, -0.15) is 0 Å². The van der Waals surface area contributed by atoms with Gasteiger partial charge in [-0.25, -0.2) is 12.7 Å². The summed E-state index contributed by atoms with van der Waals surface area (Å²) in [6.45, 7) is 2.57. The molecule has 0 aromatic heterocycles. The third-order valence-electron chi connectivity index (χ3n) is 5.31. The molecular formula is C23H28N3O3S+. The molecule has 3 aromatic rings. The molecule has 158 valence electrons. The number of carbonyl (C=O) groups is 1. The molecule has 0 fully saturated rings. The summed E-state index contributed by atoms with van der Waals surface area (Å²) in [5.41, 5.74) is 1.62. The number of quaternary nitrogens is 1. The monoisotopic (exact) mass is 426 g/mol. The lowest BCUT2D eigenvalue weighted by Gasteiger charge is -2.21. The summed E-state index contributed by atoms with van der Waals surface area (Å²) in [7, 11) is 1.38. The van der Waals surface area contributed by atoms with Crippen molar-refractivity contribution in [1.29, 1.82) is 0 Å². The fourth-order valence-corrected chi connectivity index (χ4v) is 4.19. The number of benzene rings is 3. The Kier molecular flexibility index (Phi) is 6.55. The molecule has 0 aliphatic heterocycles. The molecule has 0 saturated carbocycles. The zero-order valence-corrected chi connectivity index (χ0v) is 18.5. The zero-order chi connectivity index (χ0) is 21.9. The molecule has 0 heterocycles. The predicted octanol–water partition coefficient (Wildman–Crippen LogP) is 2.13. The van der Waals surface area contributed by atoms with E-state index in [1.807, 2.05) is 26.1 Å². The van der Waals surface area contributed by atoms with Crippen LogP contribution in [-0.4, -0.2) is 45.8 Å². The minimum absolute atomic E-state index is 0.148. The summed E-state index contributed by atoms with van der Waals surface area (Å²) in [5, 5.41) is 5.22. The van der Waals surface area contributed by atoms with Gasteiger partial charge in [0.05, 0.1) is 11.9 Å². The maximum atomic E-state index is 12.8. The van der Waals surface area contributed by atoms with Crippen LogP contribution in [0.1, 0.15) is 12.5 Å². The molecule has 30 heavy (non-hydrogen) atoms. The fourth-order valence-electron chi connectivity index (χ4n) is 3.24. The maximum Gasteiger partial charge on any atom is 0.282 e. The molecule has 0 aliphatic rings. The SMILES string of the molecule is C[C@@H](C(=O)Nc1cccc(S(=O)(=O)N(C)C)c1)[NH+](C)Cc1ccc2ccccc2c1. The number of nitrogens with one attached hydrogen (secondary N) is 2. The lowest BCUT2D eigenvalue weighted by molar-refractivity contribution is -0.907. The average Bonchev–Trinajstić information content (AvgIpc) is 2.73. The van der Waals surface area contributed by atoms with Crippen molar-refractivity contribution in [3.8, 4) is 0 Å². The van der Waals surface area contributed by atoms with Crippen LogP contribution in [0, 0.1) is 0 Å². The second kappa shape index (κ2) is 8.95. The Balaban J connectivity index is 1.69. The number of rotatable bonds is 7. The number of nitrogens with zero attached hydrogens (tertiary/aromatic N) is 1. The van der Waals surface area contributed by atoms with E-state index < -0.39 is 10.0 Å². The Morgan fingerprint density at radius 3 is 2.40 bits per heavy atom. The second-order valence-corrected chi connectivity index (χ2v) is 9.88. The van der Waals surface area contributed by atoms with Crippen molar-refractivity contribution in [2.75, 3.05) is 26.5 Å². The van der Waals surface area contributed by atoms with E-state index in [4.69, 9.17) is 0 Å². The summed E-state index contributed by atoms with van der Waals surface area (Å²) >= 11 is 0. The van der Waals surface area contributed by atoms with E-state index >= 15 is 0 Å². The van der Waals surface area contributed by atoms with E-state index in [2.05, 4.69) is 35.6 Å². The number of hydrogen-bond acceptors (Lipinski definition) is 3. The van der Waals surface area contributed by atoms with E-state index in [0.717, 1.165) is 14.8 Å². The third kappa shape index (κ3) is 4.87. The molecule has 3 aromatic carbocycles. The van der Waals surface area contributed by atoms with Gasteiger partial charge in [-0.05, 0) is 42.0 Å². The normalized spacial score (nSPS) is 13.9. The number of amides is 1. The van der Waals surface area contributed by atoms with Crippen molar-refractivity contribution in [2.24, 2.45) is 0 Å². The molecule has 7 heteroatoms. The van der Waals surface area contributed by atoms with Crippen LogP contribution >= 0.6 is 0 Å². The van der Waals surface area contributed by atoms with Crippen LogP contribution in [0.15, 0.2) is 71.6 Å². The van der Waals surface area contributed by atoms with Crippen molar-refractivity contribution in [3.63, 3.8) is 0 Å². The van der Waals surface area contributed by atoms with Gasteiger partial charge in [-0.1, -0.05) is 42.5 Å². The van der Waals surface area contributed by atoms with E-state index in [1.165, 1.54) is 37.0 Å². The highest BCUT2D eigenvalue weighted by Crippen LogP contribution is 2.18. The quantitative estimate of drug-likeness (QED) is 0.608. The summed E-state index contributed by atoms with van der Waals surface area (Å²) < 4.78 is 25.8. The molecule has 0 aliphatic carbocycles. The van der Waals surface area contributed by atoms with Gasteiger partial charge in [0.2, 0.25) is 10.0 Å². The van der Waals surface area contributed by atoms with Crippen molar-refractivity contribution < 1.29 is 18.1 Å². The van der Waals surface area contributed by atoms with Crippen LogP contribution in [-0.2, 0) is 21.4 Å². The Hall–Kier alpha value is -2.74. The van der Waals surface area contributed by atoms with Crippen LogP contribution in [0.2, 0.25) is 0 Å². The summed E-state index contributed by atoms with van der Waals surface area (Å²) in [6.07, 6.45) is 0. The van der Waals surface area contributed by atoms with Crippen LogP contribution in [0.4, 0.5) is 5.69 Å². The number of carbonyl (C=O) groups excluding carboxylic acids is 1. The highest BCUT2D eigenvalue weighted by atomic mass is 32.2. The molecule has 6 nitrogen and oxygen atoms in total. The van der Waals surface area contributed by atoms with E-state index in [1.54, 1.807) is 12.1 Å². The molecule has 0 spiro atoms. The van der Waals surface area contributed by atoms with Gasteiger partial charge >= 0.3 is 0 Å². The number of likely N-dealkylation sites (N-methyl/N-ethyl adjacent to an activating group) is 1. The van der Waals surface area contributed by atoms with Crippen molar-refractivity contribution in [1.82, 2.24) is 4.31 Å². The van der Waals surface area contributed by atoms with Gasteiger partial charge in [0.25, 0.3) is 5.91 Å². The Bertz CT molecular complexity index is 1160. The average molecular weight is 427 g/mol. The topological polar surface area (TPSA) is 70.9 Å². The number of sulfonamides is 1. The van der Waals surface area contributed by atoms with E-state index in [-0.39, 0.29) is 16.8 Å². The molecule has 3 rings (SSSR count). The molecule has 2 atom stereocenters. The van der Waals surface area contributed by atoms with Crippen LogP contribution < -0.4 is 10.2 Å². The van der Waals surface area contributed by atoms with Gasteiger partial charge in [0, 0.05) is 25.3 Å². The van der Waals surface area contributed by atoms with Gasteiger partial charge in [-0.15, -0.1) is 0 Å². The lowest BCUT2D eigenvalue weighted by Crippen LogP contribution is -3.12. The van der Waals surface area contributed by atoms with Crippen LogP contribution in [0.25, 0.3) is 10.8 Å². The zero-order valence-electron chi connectivity index (χ0n) is 17.7. The van der Waals surface area contributed by atoms with Gasteiger partial charge in [-0.3, -0.25) is 4.79 Å². The highest BCUT2D eigenvalue weighted by molar-refractivity contribution is 7.89. The first-order chi connectivity index (χ1) is 14.2. The number of anilines is 1. The second-order valence-electron chi connectivity index (χ2n) is 7.73. The largest absolute Gasteiger partial charge is 0.324 e. The predicted molar refractivity (Wildman–Crippen MR) is 120 cm³/mol. The summed E-state index contributed by atoms with van der Waals surface area (Å²) in [5.74, 6) is -0.160. The molecule has 0 radical (unpaired) electrons. The van der Waals surface area contributed by atoms with Crippen molar-refractivity contribution >= 4 is 32.4 Å². The van der Waals surface area contributed by atoms with E-state index in [9.17, 15) is 13.2 Å². The van der Waals surface area contributed by atoms with Gasteiger partial charge in [0.15, 0.2) is 6.04 Å². The smallest absolute Gasteiger partial charge is 0.282 e. The molecule has 2 N–H and O–H groups in total. The lowest BCUT2D eigenvalue weighted by atomic mass is 10.1. The third-order valence-corrected chi connectivity index (χ3v) is 7.12. The maximum absolute atomic E-state index is 12.8. The Morgan fingerprint density at radius 1 is 1.00 bits per heavy atom. The minimum Gasteiger partial charge on any atom is -0.324 e. The highest BCUT2D eigenvalue weighted by Gasteiger charge is 2.23. The summed E-state index contributed by atoms with van der Waals surface area (Å²) in [4.78, 5) is 13.9. The fraction of sp³-hybridized carbons (Fsp3) is 0.261. The molecule has 1 amide bonds. The van der Waals surface area contributed by atoms with Crippen LogP contribution in [0.3, 0.4) is 0 Å². The van der Waals surface area contributed by atoms with Gasteiger partial charge in [0.1, 0.15) is 6.54 Å². The Morgan fingerprint density at radius 2 is 1.70 bits per heavy atom. The number of fused-ring (bicyclic) bond motifs is 1. The first-order valence-corrected chi connectivity index (χ1v) is 11.3. The first kappa shape index (κ1) is 22.0. The number of hydrogen-bond donors (Lipinski definition) is 2. The first-order valence-electron chi connectivity index (χ1n) is 9.82. The molecular weight excluding hydrogens is 398 g/mol. The van der Waals surface area contributed by atoms with Crippen LogP contribution in [0.5, 0.6) is 0 Å². The van der Waals surface area contributed by atoms with Crippen molar-refractivity contribution in [3.05, 3.63) is 72.3 Å². The van der Waals surface area contributed by atoms with Gasteiger partial charge < -0.3 is 10.2 Å². The Labute approximate surface area is 178 Å². The summed E-state index contributed by atoms with van der Waals surface area (Å²) in [6, 6.07) is 20.5.